The van der Waals surface area contributed by atoms with Crippen molar-refractivity contribution in [2.45, 2.75) is 44.2 Å². The summed E-state index contributed by atoms with van der Waals surface area (Å²) in [4.78, 5) is 0.134. The summed E-state index contributed by atoms with van der Waals surface area (Å²) < 4.78 is 22.9. The zero-order valence-corrected chi connectivity index (χ0v) is 12.2. The van der Waals surface area contributed by atoms with E-state index in [1.165, 1.54) is 0 Å². The lowest BCUT2D eigenvalue weighted by Crippen LogP contribution is -2.56. The van der Waals surface area contributed by atoms with E-state index in [0.717, 1.165) is 0 Å². The average molecular weight is 284 g/mol. The fraction of sp³-hybridized carbons (Fsp3) is 0.538. The molecule has 0 aromatic heterocycles. The average Bonchev–Trinajstić information content (AvgIpc) is 2.29. The molecule has 2 rings (SSSR count). The van der Waals surface area contributed by atoms with Crippen LogP contribution in [0.1, 0.15) is 25.8 Å². The summed E-state index contributed by atoms with van der Waals surface area (Å²) in [5.74, 6) is 0. The van der Waals surface area contributed by atoms with E-state index in [4.69, 9.17) is 5.14 Å². The van der Waals surface area contributed by atoms with Crippen LogP contribution in [-0.4, -0.2) is 25.7 Å². The molecular weight excluding hydrogens is 264 g/mol. The molecule has 1 aromatic carbocycles. The highest BCUT2D eigenvalue weighted by atomic mass is 32.2. The maximum Gasteiger partial charge on any atom is 0.238 e. The molecule has 1 aliphatic rings. The maximum atomic E-state index is 11.5. The normalized spacial score (nSPS) is 25.7. The predicted molar refractivity (Wildman–Crippen MR) is 74.4 cm³/mol. The Morgan fingerprint density at radius 3 is 2.53 bits per heavy atom. The van der Waals surface area contributed by atoms with Gasteiger partial charge in [-0.2, -0.15) is 0 Å². The van der Waals surface area contributed by atoms with Gasteiger partial charge in [-0.3, -0.25) is 0 Å². The highest BCUT2D eigenvalue weighted by Gasteiger charge is 2.47. The number of primary sulfonamides is 1. The van der Waals surface area contributed by atoms with Crippen molar-refractivity contribution in [2.75, 3.05) is 5.32 Å². The molecule has 0 saturated heterocycles. The van der Waals surface area contributed by atoms with Crippen LogP contribution in [-0.2, 0) is 10.0 Å². The number of sulfonamides is 1. The van der Waals surface area contributed by atoms with E-state index >= 15 is 0 Å². The molecular formula is C13H20N2O3S. The Labute approximate surface area is 113 Å². The second kappa shape index (κ2) is 4.47. The first kappa shape index (κ1) is 14.3. The van der Waals surface area contributed by atoms with Crippen molar-refractivity contribution in [1.29, 1.82) is 0 Å². The molecule has 1 saturated carbocycles. The lowest BCUT2D eigenvalue weighted by molar-refractivity contribution is -0.0510. The van der Waals surface area contributed by atoms with Gasteiger partial charge in [-0.05, 0) is 31.0 Å². The summed E-state index contributed by atoms with van der Waals surface area (Å²) >= 11 is 0. The van der Waals surface area contributed by atoms with Gasteiger partial charge in [0.2, 0.25) is 10.0 Å². The van der Waals surface area contributed by atoms with Crippen molar-refractivity contribution in [2.24, 2.45) is 10.6 Å². The third kappa shape index (κ3) is 2.61. The van der Waals surface area contributed by atoms with Gasteiger partial charge in [0.25, 0.3) is 0 Å². The number of aliphatic hydroxyl groups is 1. The van der Waals surface area contributed by atoms with Crippen LogP contribution in [0.5, 0.6) is 0 Å². The smallest absolute Gasteiger partial charge is 0.238 e. The fourth-order valence-corrected chi connectivity index (χ4v) is 3.15. The monoisotopic (exact) mass is 284 g/mol. The van der Waals surface area contributed by atoms with Gasteiger partial charge in [-0.1, -0.05) is 19.9 Å². The van der Waals surface area contributed by atoms with Crippen molar-refractivity contribution < 1.29 is 13.5 Å². The van der Waals surface area contributed by atoms with Gasteiger partial charge < -0.3 is 10.4 Å². The van der Waals surface area contributed by atoms with Crippen LogP contribution in [0, 0.1) is 12.3 Å². The molecule has 2 atom stereocenters. The molecule has 1 fully saturated rings. The van der Waals surface area contributed by atoms with Gasteiger partial charge in [0, 0.05) is 17.1 Å². The highest BCUT2D eigenvalue weighted by molar-refractivity contribution is 7.89. The summed E-state index contributed by atoms with van der Waals surface area (Å²) in [6.07, 6.45) is 0.333. The van der Waals surface area contributed by atoms with Gasteiger partial charge in [0.15, 0.2) is 0 Å². The maximum absolute atomic E-state index is 11.5. The Balaban J connectivity index is 2.24. The molecule has 6 heteroatoms. The summed E-state index contributed by atoms with van der Waals surface area (Å²) in [6.45, 7) is 5.67. The highest BCUT2D eigenvalue weighted by Crippen LogP contribution is 2.42. The van der Waals surface area contributed by atoms with Crippen LogP contribution in [0.4, 0.5) is 5.69 Å². The molecule has 0 bridgehead atoms. The minimum absolute atomic E-state index is 0.124. The minimum atomic E-state index is -3.71. The molecule has 0 aliphatic heterocycles. The van der Waals surface area contributed by atoms with E-state index in [2.05, 4.69) is 5.32 Å². The van der Waals surface area contributed by atoms with Crippen molar-refractivity contribution in [3.63, 3.8) is 0 Å². The number of aliphatic hydroxyl groups excluding tert-OH is 1. The second-order valence-corrected chi connectivity index (χ2v) is 7.32. The number of anilines is 1. The Hall–Kier alpha value is -1.11. The van der Waals surface area contributed by atoms with E-state index < -0.39 is 10.0 Å². The van der Waals surface area contributed by atoms with Gasteiger partial charge in [-0.15, -0.1) is 0 Å². The van der Waals surface area contributed by atoms with Crippen molar-refractivity contribution in [3.05, 3.63) is 23.8 Å². The third-order valence-electron chi connectivity index (χ3n) is 4.05. The predicted octanol–water partition coefficient (Wildman–Crippen LogP) is 1.21. The first-order chi connectivity index (χ1) is 8.62. The van der Waals surface area contributed by atoms with E-state index in [9.17, 15) is 13.5 Å². The molecule has 0 spiro atoms. The molecule has 1 aromatic rings. The number of nitrogens with one attached hydrogen (secondary N) is 1. The molecule has 106 valence electrons. The topological polar surface area (TPSA) is 92.4 Å². The van der Waals surface area contributed by atoms with Gasteiger partial charge in [-0.25, -0.2) is 13.6 Å². The van der Waals surface area contributed by atoms with Gasteiger partial charge >= 0.3 is 0 Å². The largest absolute Gasteiger partial charge is 0.392 e. The number of rotatable bonds is 3. The molecule has 1 aliphatic carbocycles. The van der Waals surface area contributed by atoms with Crippen molar-refractivity contribution >= 4 is 15.7 Å². The first-order valence-corrected chi connectivity index (χ1v) is 7.75. The standard InChI is InChI=1S/C13H20N2O3S/c1-8-4-5-9(6-10(8)19(14,17)18)15-11-7-12(16)13(11,2)3/h4-6,11-12,15-16H,7H2,1-3H3,(H2,14,17,18). The summed E-state index contributed by atoms with van der Waals surface area (Å²) in [5.41, 5.74) is 1.12. The Kier molecular flexibility index (Phi) is 3.36. The van der Waals surface area contributed by atoms with E-state index in [1.807, 2.05) is 19.9 Å². The molecule has 0 radical (unpaired) electrons. The number of benzene rings is 1. The Morgan fingerprint density at radius 2 is 2.05 bits per heavy atom. The van der Waals surface area contributed by atoms with Crippen LogP contribution in [0.15, 0.2) is 23.1 Å². The van der Waals surface area contributed by atoms with Crippen LogP contribution < -0.4 is 10.5 Å². The lowest BCUT2D eigenvalue weighted by atomic mass is 9.64. The summed E-state index contributed by atoms with van der Waals surface area (Å²) in [6, 6.07) is 5.22. The Bertz CT molecular complexity index is 596. The SMILES string of the molecule is Cc1ccc(NC2CC(O)C2(C)C)cc1S(N)(=O)=O. The van der Waals surface area contributed by atoms with Crippen molar-refractivity contribution in [3.8, 4) is 0 Å². The van der Waals surface area contributed by atoms with E-state index in [1.54, 1.807) is 19.1 Å². The molecule has 5 nitrogen and oxygen atoms in total. The number of nitrogens with two attached hydrogens (primary N) is 1. The quantitative estimate of drug-likeness (QED) is 0.778. The lowest BCUT2D eigenvalue weighted by Gasteiger charge is -2.49. The van der Waals surface area contributed by atoms with E-state index in [0.29, 0.717) is 17.7 Å². The van der Waals surface area contributed by atoms with Crippen LogP contribution in [0.25, 0.3) is 0 Å². The zero-order valence-electron chi connectivity index (χ0n) is 11.3. The number of hydrogen-bond donors (Lipinski definition) is 3. The first-order valence-electron chi connectivity index (χ1n) is 6.20. The number of hydrogen-bond acceptors (Lipinski definition) is 4. The van der Waals surface area contributed by atoms with Crippen LogP contribution >= 0.6 is 0 Å². The summed E-state index contributed by atoms with van der Waals surface area (Å²) in [5, 5.41) is 18.1. The van der Waals surface area contributed by atoms with Crippen LogP contribution in [0.3, 0.4) is 0 Å². The minimum Gasteiger partial charge on any atom is -0.392 e. The Morgan fingerprint density at radius 1 is 1.42 bits per heavy atom. The second-order valence-electron chi connectivity index (χ2n) is 5.80. The molecule has 4 N–H and O–H groups in total. The zero-order chi connectivity index (χ0) is 14.4. The molecule has 19 heavy (non-hydrogen) atoms. The summed E-state index contributed by atoms with van der Waals surface area (Å²) in [7, 11) is -3.71. The van der Waals surface area contributed by atoms with E-state index in [-0.39, 0.29) is 22.5 Å². The van der Waals surface area contributed by atoms with Crippen molar-refractivity contribution in [1.82, 2.24) is 0 Å². The van der Waals surface area contributed by atoms with Crippen LogP contribution in [0.2, 0.25) is 0 Å². The van der Waals surface area contributed by atoms with Gasteiger partial charge in [0.1, 0.15) is 0 Å². The van der Waals surface area contributed by atoms with Gasteiger partial charge in [0.05, 0.1) is 11.0 Å². The molecule has 0 heterocycles. The molecule has 0 amide bonds. The number of aryl methyl sites for hydroxylation is 1. The fourth-order valence-electron chi connectivity index (χ4n) is 2.35. The third-order valence-corrected chi connectivity index (χ3v) is 5.10. The molecule has 2 unspecified atom stereocenters.